The van der Waals surface area contributed by atoms with E-state index in [1.807, 2.05) is 19.1 Å². The van der Waals surface area contributed by atoms with Crippen molar-refractivity contribution < 1.29 is 9.90 Å². The molecule has 1 atom stereocenters. The number of nitrogens with two attached hydrogens (primary N) is 1. The number of halogens is 1. The van der Waals surface area contributed by atoms with Crippen LogP contribution in [0, 0.1) is 0 Å². The minimum Gasteiger partial charge on any atom is -0.508 e. The Morgan fingerprint density at radius 1 is 1.29 bits per heavy atom. The van der Waals surface area contributed by atoms with Crippen LogP contribution in [0.15, 0.2) is 42.5 Å². The van der Waals surface area contributed by atoms with Crippen LogP contribution in [0.3, 0.4) is 0 Å². The highest BCUT2D eigenvalue weighted by Crippen LogP contribution is 2.24. The predicted octanol–water partition coefficient (Wildman–Crippen LogP) is 3.19. The molecule has 0 bridgehead atoms. The van der Waals surface area contributed by atoms with Crippen molar-refractivity contribution in [2.24, 2.45) is 5.73 Å². The van der Waals surface area contributed by atoms with E-state index in [0.717, 1.165) is 12.0 Å². The summed E-state index contributed by atoms with van der Waals surface area (Å²) in [6.45, 7) is 2.01. The molecular weight excluding hydrogens is 288 g/mol. The fourth-order valence-electron chi connectivity index (χ4n) is 2.09. The van der Waals surface area contributed by atoms with Gasteiger partial charge >= 0.3 is 0 Å². The molecular formula is C16H17ClN2O2. The Morgan fingerprint density at radius 2 is 1.95 bits per heavy atom. The monoisotopic (exact) mass is 304 g/mol. The van der Waals surface area contributed by atoms with Gasteiger partial charge in [0.25, 0.3) is 0 Å². The Labute approximate surface area is 128 Å². The quantitative estimate of drug-likeness (QED) is 0.794. The highest BCUT2D eigenvalue weighted by Gasteiger charge is 2.09. The number of anilines is 1. The van der Waals surface area contributed by atoms with Gasteiger partial charge in [0.1, 0.15) is 5.75 Å². The molecule has 110 valence electrons. The lowest BCUT2D eigenvalue weighted by Crippen LogP contribution is -2.19. The second-order valence-corrected chi connectivity index (χ2v) is 5.38. The van der Waals surface area contributed by atoms with Crippen LogP contribution in [-0.2, 0) is 6.42 Å². The van der Waals surface area contributed by atoms with Gasteiger partial charge in [0, 0.05) is 11.6 Å². The van der Waals surface area contributed by atoms with E-state index in [-0.39, 0.29) is 11.8 Å². The molecule has 0 spiro atoms. The summed E-state index contributed by atoms with van der Waals surface area (Å²) in [7, 11) is 0. The van der Waals surface area contributed by atoms with Crippen molar-refractivity contribution in [3.8, 4) is 5.75 Å². The maximum absolute atomic E-state index is 11.2. The van der Waals surface area contributed by atoms with Gasteiger partial charge in [-0.05, 0) is 49.2 Å². The Hall–Kier alpha value is -2.20. The van der Waals surface area contributed by atoms with Gasteiger partial charge < -0.3 is 16.2 Å². The average molecular weight is 305 g/mol. The second-order valence-electron chi connectivity index (χ2n) is 4.97. The van der Waals surface area contributed by atoms with Crippen molar-refractivity contribution in [2.45, 2.75) is 19.4 Å². The van der Waals surface area contributed by atoms with Crippen molar-refractivity contribution in [3.63, 3.8) is 0 Å². The molecule has 1 amide bonds. The fourth-order valence-corrected chi connectivity index (χ4v) is 2.26. The lowest BCUT2D eigenvalue weighted by molar-refractivity contribution is 0.100. The minimum absolute atomic E-state index is 0.107. The molecule has 4 nitrogen and oxygen atoms in total. The number of carbonyl (C=O) groups is 1. The molecule has 0 saturated heterocycles. The zero-order valence-electron chi connectivity index (χ0n) is 11.6. The van der Waals surface area contributed by atoms with Crippen molar-refractivity contribution in [2.75, 3.05) is 5.32 Å². The number of hydrogen-bond acceptors (Lipinski definition) is 3. The molecule has 1 unspecified atom stereocenters. The van der Waals surface area contributed by atoms with Crippen LogP contribution in [0.1, 0.15) is 22.8 Å². The molecule has 2 rings (SSSR count). The summed E-state index contributed by atoms with van der Waals surface area (Å²) in [6.07, 6.45) is 0.761. The van der Waals surface area contributed by atoms with E-state index in [0.29, 0.717) is 16.3 Å². The number of carbonyl (C=O) groups excluding carboxylic acids is 1. The predicted molar refractivity (Wildman–Crippen MR) is 84.9 cm³/mol. The number of phenolic OH excluding ortho intramolecular Hbond substituents is 1. The van der Waals surface area contributed by atoms with Crippen molar-refractivity contribution in [1.29, 1.82) is 0 Å². The summed E-state index contributed by atoms with van der Waals surface area (Å²) < 4.78 is 0. The molecule has 4 N–H and O–H groups in total. The first-order valence-electron chi connectivity index (χ1n) is 6.59. The number of aromatic hydroxyl groups is 1. The summed E-state index contributed by atoms with van der Waals surface area (Å²) in [6, 6.07) is 12.1. The first-order valence-corrected chi connectivity index (χ1v) is 6.97. The molecule has 0 aromatic heterocycles. The fraction of sp³-hybridized carbons (Fsp3) is 0.188. The third kappa shape index (κ3) is 4.13. The first-order chi connectivity index (χ1) is 9.95. The van der Waals surface area contributed by atoms with Crippen LogP contribution in [0.25, 0.3) is 0 Å². The normalized spacial score (nSPS) is 11.9. The van der Waals surface area contributed by atoms with Crippen LogP contribution in [0.5, 0.6) is 5.75 Å². The van der Waals surface area contributed by atoms with Gasteiger partial charge in [-0.2, -0.15) is 0 Å². The molecule has 5 heteroatoms. The zero-order valence-corrected chi connectivity index (χ0v) is 12.4. The van der Waals surface area contributed by atoms with Gasteiger partial charge in [-0.15, -0.1) is 0 Å². The van der Waals surface area contributed by atoms with E-state index in [9.17, 15) is 9.90 Å². The Balaban J connectivity index is 2.08. The van der Waals surface area contributed by atoms with Gasteiger partial charge in [0.05, 0.1) is 10.7 Å². The van der Waals surface area contributed by atoms with Gasteiger partial charge in [-0.3, -0.25) is 4.79 Å². The summed E-state index contributed by atoms with van der Waals surface area (Å²) in [5.41, 5.74) is 7.46. The van der Waals surface area contributed by atoms with E-state index in [4.69, 9.17) is 17.3 Å². The van der Waals surface area contributed by atoms with Crippen molar-refractivity contribution in [1.82, 2.24) is 0 Å². The number of amides is 1. The topological polar surface area (TPSA) is 75.3 Å². The van der Waals surface area contributed by atoms with Crippen molar-refractivity contribution >= 4 is 23.2 Å². The van der Waals surface area contributed by atoms with Gasteiger partial charge in [0.15, 0.2) is 0 Å². The van der Waals surface area contributed by atoms with Gasteiger partial charge in [-0.1, -0.05) is 23.7 Å². The number of primary amides is 1. The Kier molecular flexibility index (Phi) is 4.70. The highest BCUT2D eigenvalue weighted by atomic mass is 35.5. The van der Waals surface area contributed by atoms with E-state index in [2.05, 4.69) is 5.32 Å². The number of benzene rings is 2. The van der Waals surface area contributed by atoms with Crippen LogP contribution < -0.4 is 11.1 Å². The maximum Gasteiger partial charge on any atom is 0.248 e. The second kappa shape index (κ2) is 6.50. The Bertz CT molecular complexity index is 641. The van der Waals surface area contributed by atoms with Gasteiger partial charge in [-0.25, -0.2) is 0 Å². The van der Waals surface area contributed by atoms with Crippen molar-refractivity contribution in [3.05, 3.63) is 58.6 Å². The number of phenols is 1. The standard InChI is InChI=1S/C16H17ClN2O2/c1-10(8-11-2-5-13(20)6-3-11)19-15-9-12(16(18)21)4-7-14(15)17/h2-7,9-10,19-20H,8H2,1H3,(H2,18,21). The molecule has 0 aliphatic rings. The number of hydrogen-bond donors (Lipinski definition) is 3. The third-order valence-electron chi connectivity index (χ3n) is 3.13. The molecule has 2 aromatic rings. The number of rotatable bonds is 5. The van der Waals surface area contributed by atoms with Crippen LogP contribution in [0.4, 0.5) is 5.69 Å². The third-order valence-corrected chi connectivity index (χ3v) is 3.46. The Morgan fingerprint density at radius 3 is 2.57 bits per heavy atom. The molecule has 0 aliphatic heterocycles. The minimum atomic E-state index is -0.485. The lowest BCUT2D eigenvalue weighted by Gasteiger charge is -2.17. The molecule has 0 aliphatic carbocycles. The maximum atomic E-state index is 11.2. The number of nitrogens with one attached hydrogen (secondary N) is 1. The highest BCUT2D eigenvalue weighted by molar-refractivity contribution is 6.33. The average Bonchev–Trinajstić information content (AvgIpc) is 2.43. The zero-order chi connectivity index (χ0) is 15.4. The molecule has 0 saturated carbocycles. The largest absolute Gasteiger partial charge is 0.508 e. The van der Waals surface area contributed by atoms with E-state index in [1.54, 1.807) is 30.3 Å². The van der Waals surface area contributed by atoms with E-state index >= 15 is 0 Å². The molecule has 0 heterocycles. The first kappa shape index (κ1) is 15.2. The SMILES string of the molecule is CC(Cc1ccc(O)cc1)Nc1cc(C(N)=O)ccc1Cl. The summed E-state index contributed by atoms with van der Waals surface area (Å²) >= 11 is 6.12. The van der Waals surface area contributed by atoms with E-state index < -0.39 is 5.91 Å². The van der Waals surface area contributed by atoms with Crippen LogP contribution >= 0.6 is 11.6 Å². The molecule has 0 fully saturated rings. The van der Waals surface area contributed by atoms with Crippen LogP contribution in [0.2, 0.25) is 5.02 Å². The van der Waals surface area contributed by atoms with Crippen LogP contribution in [-0.4, -0.2) is 17.1 Å². The summed E-state index contributed by atoms with van der Waals surface area (Å²) in [5.74, 6) is -0.238. The van der Waals surface area contributed by atoms with Gasteiger partial charge in [0.2, 0.25) is 5.91 Å². The summed E-state index contributed by atoms with van der Waals surface area (Å²) in [4.78, 5) is 11.2. The summed E-state index contributed by atoms with van der Waals surface area (Å²) in [5, 5.41) is 13.1. The molecule has 2 aromatic carbocycles. The smallest absolute Gasteiger partial charge is 0.248 e. The lowest BCUT2D eigenvalue weighted by atomic mass is 10.1. The molecule has 0 radical (unpaired) electrons. The van der Waals surface area contributed by atoms with E-state index in [1.165, 1.54) is 0 Å². The molecule has 21 heavy (non-hydrogen) atoms.